The minimum Gasteiger partial charge on any atom is -0.322 e. The predicted octanol–water partition coefficient (Wildman–Crippen LogP) is 6.00. The first kappa shape index (κ1) is 19.4. The maximum atomic E-state index is 6.12. The summed E-state index contributed by atoms with van der Waals surface area (Å²) in [5.74, 6) is 0. The normalized spacial score (nSPS) is 14.8. The van der Waals surface area contributed by atoms with Crippen LogP contribution in [-0.2, 0) is 0 Å². The second-order valence-electron chi connectivity index (χ2n) is 7.70. The fourth-order valence-electron chi connectivity index (χ4n) is 2.33. The first-order chi connectivity index (χ1) is 9.08. The van der Waals surface area contributed by atoms with E-state index in [0.29, 0.717) is 5.41 Å². The first-order valence-electron chi connectivity index (χ1n) is 8.20. The van der Waals surface area contributed by atoms with Crippen molar-refractivity contribution >= 4 is 0 Å². The number of nitrogens with two attached hydrogens (primary N) is 1. The van der Waals surface area contributed by atoms with Crippen LogP contribution in [0, 0.1) is 5.41 Å². The van der Waals surface area contributed by atoms with Gasteiger partial charge in [0.2, 0.25) is 0 Å². The van der Waals surface area contributed by atoms with Crippen molar-refractivity contribution in [1.29, 1.82) is 0 Å². The molecule has 1 nitrogen and oxygen atoms in total. The van der Waals surface area contributed by atoms with Gasteiger partial charge in [0, 0.05) is 5.54 Å². The Labute approximate surface area is 127 Å². The lowest BCUT2D eigenvalue weighted by Crippen LogP contribution is -2.33. The van der Waals surface area contributed by atoms with E-state index in [2.05, 4.69) is 60.6 Å². The summed E-state index contributed by atoms with van der Waals surface area (Å²) in [5.41, 5.74) is 9.07. The molecule has 0 aliphatic rings. The van der Waals surface area contributed by atoms with Crippen LogP contribution < -0.4 is 5.73 Å². The maximum Gasteiger partial charge on any atom is 0.0308 e. The van der Waals surface area contributed by atoms with Crippen molar-refractivity contribution in [3.8, 4) is 0 Å². The third-order valence-corrected chi connectivity index (χ3v) is 4.04. The largest absolute Gasteiger partial charge is 0.322 e. The summed E-state index contributed by atoms with van der Waals surface area (Å²) >= 11 is 0. The van der Waals surface area contributed by atoms with Crippen LogP contribution in [-0.4, -0.2) is 5.54 Å². The van der Waals surface area contributed by atoms with E-state index in [1.807, 2.05) is 0 Å². The zero-order valence-electron chi connectivity index (χ0n) is 15.0. The Hall–Kier alpha value is -0.560. The molecule has 0 rings (SSSR count). The van der Waals surface area contributed by atoms with Gasteiger partial charge < -0.3 is 5.73 Å². The second kappa shape index (κ2) is 8.67. The van der Waals surface area contributed by atoms with Crippen LogP contribution in [0.5, 0.6) is 0 Å². The third kappa shape index (κ3) is 9.36. The lowest BCUT2D eigenvalue weighted by atomic mass is 9.81. The van der Waals surface area contributed by atoms with E-state index in [1.165, 1.54) is 43.3 Å². The molecule has 0 fully saturated rings. The van der Waals surface area contributed by atoms with Gasteiger partial charge in [-0.2, -0.15) is 0 Å². The molecule has 0 spiro atoms. The molecule has 20 heavy (non-hydrogen) atoms. The summed E-state index contributed by atoms with van der Waals surface area (Å²) in [6.07, 6.45) is 12.2. The summed E-state index contributed by atoms with van der Waals surface area (Å²) in [5, 5.41) is 0. The summed E-state index contributed by atoms with van der Waals surface area (Å²) in [7, 11) is 0. The zero-order chi connectivity index (χ0) is 15.8. The van der Waals surface area contributed by atoms with Crippen LogP contribution in [0.4, 0.5) is 0 Å². The second-order valence-corrected chi connectivity index (χ2v) is 7.70. The van der Waals surface area contributed by atoms with Gasteiger partial charge in [-0.3, -0.25) is 0 Å². The fraction of sp³-hybridized carbons (Fsp3) is 0.789. The van der Waals surface area contributed by atoms with Crippen molar-refractivity contribution in [2.45, 2.75) is 92.5 Å². The standard InChI is InChI=1S/C19H37N/c1-8-9-10-11-12-16(2)15-18(4,5)14-13-17(3)19(6,7)20/h12-13H,8-11,14-15,20H2,1-7H3/b16-12+,17-13+. The summed E-state index contributed by atoms with van der Waals surface area (Å²) < 4.78 is 0. The van der Waals surface area contributed by atoms with Crippen LogP contribution in [0.1, 0.15) is 87.0 Å². The van der Waals surface area contributed by atoms with Crippen molar-refractivity contribution in [3.63, 3.8) is 0 Å². The van der Waals surface area contributed by atoms with Gasteiger partial charge in [0.05, 0.1) is 0 Å². The van der Waals surface area contributed by atoms with Crippen molar-refractivity contribution in [2.75, 3.05) is 0 Å². The lowest BCUT2D eigenvalue weighted by Gasteiger charge is -2.26. The Morgan fingerprint density at radius 2 is 1.60 bits per heavy atom. The average Bonchev–Trinajstić information content (AvgIpc) is 2.30. The highest BCUT2D eigenvalue weighted by atomic mass is 14.7. The molecule has 0 atom stereocenters. The summed E-state index contributed by atoms with van der Waals surface area (Å²) in [6.45, 7) is 15.5. The van der Waals surface area contributed by atoms with Crippen LogP contribution in [0.2, 0.25) is 0 Å². The number of allylic oxidation sites excluding steroid dienone is 3. The maximum absolute atomic E-state index is 6.12. The van der Waals surface area contributed by atoms with Crippen LogP contribution in [0.15, 0.2) is 23.3 Å². The summed E-state index contributed by atoms with van der Waals surface area (Å²) in [6, 6.07) is 0. The highest BCUT2D eigenvalue weighted by molar-refractivity contribution is 5.14. The highest BCUT2D eigenvalue weighted by Gasteiger charge is 2.19. The van der Waals surface area contributed by atoms with Crippen LogP contribution in [0.3, 0.4) is 0 Å². The van der Waals surface area contributed by atoms with Crippen molar-refractivity contribution in [2.24, 2.45) is 11.1 Å². The van der Waals surface area contributed by atoms with Gasteiger partial charge in [-0.05, 0) is 58.8 Å². The lowest BCUT2D eigenvalue weighted by molar-refractivity contribution is 0.365. The monoisotopic (exact) mass is 279 g/mol. The molecular formula is C19H37N. The first-order valence-corrected chi connectivity index (χ1v) is 8.20. The summed E-state index contributed by atoms with van der Waals surface area (Å²) in [4.78, 5) is 0. The number of unbranched alkanes of at least 4 members (excludes halogenated alkanes) is 3. The minimum absolute atomic E-state index is 0.193. The van der Waals surface area contributed by atoms with Crippen molar-refractivity contribution < 1.29 is 0 Å². The van der Waals surface area contributed by atoms with Gasteiger partial charge in [-0.15, -0.1) is 0 Å². The topological polar surface area (TPSA) is 26.0 Å². The van der Waals surface area contributed by atoms with Gasteiger partial charge in [-0.25, -0.2) is 0 Å². The zero-order valence-corrected chi connectivity index (χ0v) is 15.0. The predicted molar refractivity (Wildman–Crippen MR) is 92.9 cm³/mol. The van der Waals surface area contributed by atoms with Crippen molar-refractivity contribution in [1.82, 2.24) is 0 Å². The molecular weight excluding hydrogens is 242 g/mol. The SMILES string of the molecule is CCCCC/C=C(\C)CC(C)(C)C/C=C(\C)C(C)(C)N. The Morgan fingerprint density at radius 1 is 1.00 bits per heavy atom. The van der Waals surface area contributed by atoms with Gasteiger partial charge in [-0.1, -0.05) is 56.9 Å². The Kier molecular flexibility index (Phi) is 8.42. The molecule has 0 saturated carbocycles. The van der Waals surface area contributed by atoms with E-state index >= 15 is 0 Å². The fourth-order valence-corrected chi connectivity index (χ4v) is 2.33. The number of hydrogen-bond acceptors (Lipinski definition) is 1. The molecule has 0 unspecified atom stereocenters. The van der Waals surface area contributed by atoms with E-state index < -0.39 is 0 Å². The number of hydrogen-bond donors (Lipinski definition) is 1. The molecule has 0 aliphatic carbocycles. The van der Waals surface area contributed by atoms with E-state index in [0.717, 1.165) is 6.42 Å². The van der Waals surface area contributed by atoms with Crippen LogP contribution >= 0.6 is 0 Å². The molecule has 0 heterocycles. The third-order valence-electron chi connectivity index (χ3n) is 4.04. The molecule has 118 valence electrons. The molecule has 1 heteroatoms. The molecule has 0 amide bonds. The Balaban J connectivity index is 4.37. The van der Waals surface area contributed by atoms with Gasteiger partial charge in [0.15, 0.2) is 0 Å². The molecule has 0 bridgehead atoms. The average molecular weight is 280 g/mol. The van der Waals surface area contributed by atoms with Crippen LogP contribution in [0.25, 0.3) is 0 Å². The van der Waals surface area contributed by atoms with Gasteiger partial charge >= 0.3 is 0 Å². The Morgan fingerprint density at radius 3 is 2.10 bits per heavy atom. The molecule has 0 radical (unpaired) electrons. The quantitative estimate of drug-likeness (QED) is 0.406. The van der Waals surface area contributed by atoms with E-state index in [9.17, 15) is 0 Å². The molecule has 2 N–H and O–H groups in total. The molecule has 0 aromatic heterocycles. The Bertz CT molecular complexity index is 326. The van der Waals surface area contributed by atoms with Crippen molar-refractivity contribution in [3.05, 3.63) is 23.3 Å². The molecule has 0 aliphatic heterocycles. The van der Waals surface area contributed by atoms with E-state index in [4.69, 9.17) is 5.73 Å². The van der Waals surface area contributed by atoms with E-state index in [-0.39, 0.29) is 5.54 Å². The molecule has 0 aromatic rings. The van der Waals surface area contributed by atoms with E-state index in [1.54, 1.807) is 0 Å². The molecule has 0 saturated heterocycles. The highest BCUT2D eigenvalue weighted by Crippen LogP contribution is 2.31. The number of rotatable bonds is 9. The smallest absolute Gasteiger partial charge is 0.0308 e. The van der Waals surface area contributed by atoms with Gasteiger partial charge in [0.25, 0.3) is 0 Å². The van der Waals surface area contributed by atoms with Gasteiger partial charge in [0.1, 0.15) is 0 Å². The molecule has 0 aromatic carbocycles. The minimum atomic E-state index is -0.193.